The summed E-state index contributed by atoms with van der Waals surface area (Å²) in [6.45, 7) is 6.98. The highest BCUT2D eigenvalue weighted by atomic mass is 27.2. The molecule has 1 heteroatoms. The minimum absolute atomic E-state index is 0.289. The summed E-state index contributed by atoms with van der Waals surface area (Å²) in [6, 6.07) is 0. The highest BCUT2D eigenvalue weighted by Gasteiger charge is 2.21. The highest BCUT2D eigenvalue weighted by Crippen LogP contribution is 2.24. The highest BCUT2D eigenvalue weighted by molar-refractivity contribution is 6.61. The Morgan fingerprint density at radius 1 is 1.60 bits per heavy atom. The van der Waals surface area contributed by atoms with Crippen LogP contribution in [0.4, 0.5) is 0 Å². The van der Waals surface area contributed by atoms with Crippen LogP contribution in [-0.4, -0.2) is 14.1 Å². The topological polar surface area (TPSA) is 0 Å². The van der Waals surface area contributed by atoms with E-state index in [9.17, 15) is 0 Å². The fraction of sp³-hybridized carbons (Fsp3) is 0.778. The van der Waals surface area contributed by atoms with Gasteiger partial charge in [-0.1, -0.05) is 47.3 Å². The molecule has 0 N–H and O–H groups in total. The zero-order valence-electron chi connectivity index (χ0n) is 7.35. The van der Waals surface area contributed by atoms with Crippen LogP contribution in [0.5, 0.6) is 0 Å². The Labute approximate surface area is 68.7 Å². The summed E-state index contributed by atoms with van der Waals surface area (Å²) >= 11 is -0.289. The molecule has 0 spiro atoms. The van der Waals surface area contributed by atoms with Gasteiger partial charge in [0.25, 0.3) is 14.1 Å². The van der Waals surface area contributed by atoms with Crippen molar-refractivity contribution in [2.75, 3.05) is 0 Å². The molecule has 0 aromatic rings. The maximum absolute atomic E-state index is 2.46. The lowest BCUT2D eigenvalue weighted by atomic mass is 10.3. The lowest BCUT2D eigenvalue weighted by Crippen LogP contribution is -2.09. The molecule has 1 heterocycles. The smallest absolute Gasteiger partial charge is 0.0998 e. The first-order chi connectivity index (χ1) is 4.68. The van der Waals surface area contributed by atoms with Gasteiger partial charge in [0.2, 0.25) is 0 Å². The van der Waals surface area contributed by atoms with Gasteiger partial charge in [-0.2, -0.15) is 0 Å². The molecule has 0 saturated carbocycles. The van der Waals surface area contributed by atoms with Crippen LogP contribution in [0.1, 0.15) is 20.8 Å². The van der Waals surface area contributed by atoms with E-state index in [0.717, 1.165) is 5.92 Å². The lowest BCUT2D eigenvalue weighted by Gasteiger charge is -2.06. The summed E-state index contributed by atoms with van der Waals surface area (Å²) in [5.41, 5.74) is 1.66. The Morgan fingerprint density at radius 3 is 2.70 bits per heavy atom. The van der Waals surface area contributed by atoms with Gasteiger partial charge in [0.1, 0.15) is 0 Å². The molecule has 1 aliphatic heterocycles. The molecule has 10 heavy (non-hydrogen) atoms. The van der Waals surface area contributed by atoms with E-state index in [1.807, 2.05) is 0 Å². The maximum Gasteiger partial charge on any atom is 0.271 e. The van der Waals surface area contributed by atoms with E-state index in [-0.39, 0.29) is 14.1 Å². The molecule has 0 saturated heterocycles. The molecule has 1 rings (SSSR count). The van der Waals surface area contributed by atoms with Crippen LogP contribution in [0.15, 0.2) is 11.6 Å². The summed E-state index contributed by atoms with van der Waals surface area (Å²) in [4.78, 5) is 0. The first-order valence-corrected chi connectivity index (χ1v) is 6.79. The zero-order chi connectivity index (χ0) is 7.56. The number of hydrogen-bond donors (Lipinski definition) is 0. The molecule has 0 amide bonds. The van der Waals surface area contributed by atoms with Crippen LogP contribution >= 0.6 is 0 Å². The molecule has 0 aromatic heterocycles. The van der Waals surface area contributed by atoms with Crippen LogP contribution in [0.3, 0.4) is 0 Å². The molecule has 56 valence electrons. The molecule has 0 nitrogen and oxygen atoms in total. The molecule has 0 aliphatic carbocycles. The van der Waals surface area contributed by atoms with E-state index in [1.54, 1.807) is 10.9 Å². The van der Waals surface area contributed by atoms with Gasteiger partial charge in [0, 0.05) is 0 Å². The van der Waals surface area contributed by atoms with Crippen LogP contribution in [0, 0.1) is 5.92 Å². The van der Waals surface area contributed by atoms with E-state index >= 15 is 0 Å². The molecule has 0 unspecified atom stereocenters. The van der Waals surface area contributed by atoms with Crippen molar-refractivity contribution in [3.63, 3.8) is 0 Å². The molecule has 1 aliphatic rings. The van der Waals surface area contributed by atoms with Crippen molar-refractivity contribution >= 4 is 14.1 Å². The monoisotopic (exact) mass is 152 g/mol. The van der Waals surface area contributed by atoms with Gasteiger partial charge in [-0.25, -0.2) is 0 Å². The van der Waals surface area contributed by atoms with E-state index in [4.69, 9.17) is 0 Å². The van der Waals surface area contributed by atoms with Crippen molar-refractivity contribution in [1.82, 2.24) is 0 Å². The van der Waals surface area contributed by atoms with Crippen molar-refractivity contribution in [3.05, 3.63) is 11.6 Å². The summed E-state index contributed by atoms with van der Waals surface area (Å²) in [5.74, 6) is 0.941. The van der Waals surface area contributed by atoms with Crippen molar-refractivity contribution < 1.29 is 0 Å². The van der Waals surface area contributed by atoms with Crippen molar-refractivity contribution in [2.45, 2.75) is 36.6 Å². The third-order valence-corrected chi connectivity index (χ3v) is 5.95. The SMILES string of the molecule is CC1=C[CH2][Al]([CH2]C(C)C)[CH2]1. The van der Waals surface area contributed by atoms with Crippen LogP contribution < -0.4 is 0 Å². The summed E-state index contributed by atoms with van der Waals surface area (Å²) in [5, 5.41) is 4.52. The van der Waals surface area contributed by atoms with E-state index in [0.29, 0.717) is 0 Å². The second kappa shape index (κ2) is 3.60. The molecular weight excluding hydrogens is 135 g/mol. The minimum Gasteiger partial charge on any atom is -0.0998 e. The second-order valence-electron chi connectivity index (χ2n) is 3.99. The molecule has 0 bridgehead atoms. The van der Waals surface area contributed by atoms with Crippen LogP contribution in [-0.2, 0) is 0 Å². The third kappa shape index (κ3) is 2.48. The fourth-order valence-corrected chi connectivity index (χ4v) is 5.51. The van der Waals surface area contributed by atoms with E-state index < -0.39 is 0 Å². The van der Waals surface area contributed by atoms with Gasteiger partial charge in [0.05, 0.1) is 0 Å². The average Bonchev–Trinajstić information content (AvgIpc) is 2.13. The first kappa shape index (κ1) is 8.37. The molecule has 0 radical (unpaired) electrons. The molecule has 0 aromatic carbocycles. The van der Waals surface area contributed by atoms with E-state index in [1.165, 1.54) is 10.6 Å². The number of hydrogen-bond acceptors (Lipinski definition) is 0. The molecule has 0 atom stereocenters. The van der Waals surface area contributed by atoms with E-state index in [2.05, 4.69) is 26.8 Å². The predicted molar refractivity (Wildman–Crippen MR) is 48.8 cm³/mol. The van der Waals surface area contributed by atoms with Gasteiger partial charge in [-0.05, 0) is 6.92 Å². The quantitative estimate of drug-likeness (QED) is 0.421. The predicted octanol–water partition coefficient (Wildman–Crippen LogP) is 3.10. The number of rotatable bonds is 2. The van der Waals surface area contributed by atoms with Gasteiger partial charge in [0.15, 0.2) is 0 Å². The Bertz CT molecular complexity index is 136. The zero-order valence-corrected chi connectivity index (χ0v) is 8.51. The standard InChI is InChI=1S/C5H8.C4H9.Al/c1-4-5(2)3;1-4(2)3;/h4H,1-2H2,3H3;4H,1H2,2-3H3;. The Morgan fingerprint density at radius 2 is 2.30 bits per heavy atom. The molecular formula is C9H17Al. The lowest BCUT2D eigenvalue weighted by molar-refractivity contribution is 0.725. The van der Waals surface area contributed by atoms with Crippen LogP contribution in [0.25, 0.3) is 0 Å². The third-order valence-electron chi connectivity index (χ3n) is 2.22. The van der Waals surface area contributed by atoms with Crippen molar-refractivity contribution in [3.8, 4) is 0 Å². The minimum atomic E-state index is -0.289. The van der Waals surface area contributed by atoms with Gasteiger partial charge in [-0.15, -0.1) is 0 Å². The largest absolute Gasteiger partial charge is 0.271 e. The van der Waals surface area contributed by atoms with Crippen LogP contribution in [0.2, 0.25) is 15.8 Å². The normalized spacial score (nSPS) is 18.4. The Balaban J connectivity index is 2.23. The maximum atomic E-state index is 2.46. The molecule has 0 fully saturated rings. The Hall–Kier alpha value is 0.272. The summed E-state index contributed by atoms with van der Waals surface area (Å²) in [6.07, 6.45) is 2.46. The first-order valence-electron chi connectivity index (χ1n) is 4.34. The van der Waals surface area contributed by atoms with Gasteiger partial charge >= 0.3 is 0 Å². The van der Waals surface area contributed by atoms with Crippen molar-refractivity contribution in [1.29, 1.82) is 0 Å². The van der Waals surface area contributed by atoms with Gasteiger partial charge in [-0.3, -0.25) is 0 Å². The van der Waals surface area contributed by atoms with Gasteiger partial charge < -0.3 is 0 Å². The average molecular weight is 152 g/mol. The van der Waals surface area contributed by atoms with Crippen molar-refractivity contribution in [2.24, 2.45) is 5.92 Å². The number of allylic oxidation sites excluding steroid dienone is 2. The fourth-order valence-electron chi connectivity index (χ4n) is 1.84. The summed E-state index contributed by atoms with van der Waals surface area (Å²) < 4.78 is 0. The summed E-state index contributed by atoms with van der Waals surface area (Å²) in [7, 11) is 0. The Kier molecular flexibility index (Phi) is 3.01. The second-order valence-corrected chi connectivity index (χ2v) is 7.07.